The lowest BCUT2D eigenvalue weighted by Gasteiger charge is -2.50. The Morgan fingerprint density at radius 1 is 1.41 bits per heavy atom. The Bertz CT molecular complexity index is 399. The monoisotopic (exact) mass is 234 g/mol. The third-order valence-electron chi connectivity index (χ3n) is 3.33. The van der Waals surface area contributed by atoms with Gasteiger partial charge in [-0.25, -0.2) is 0 Å². The molecule has 2 atom stereocenters. The van der Waals surface area contributed by atoms with E-state index in [0.717, 1.165) is 5.56 Å². The first-order chi connectivity index (χ1) is 8.06. The van der Waals surface area contributed by atoms with Crippen LogP contribution in [0.2, 0.25) is 0 Å². The van der Waals surface area contributed by atoms with Crippen molar-refractivity contribution in [3.8, 4) is 0 Å². The van der Waals surface area contributed by atoms with Crippen molar-refractivity contribution in [2.75, 3.05) is 6.61 Å². The summed E-state index contributed by atoms with van der Waals surface area (Å²) in [4.78, 5) is 11.3. The predicted molar refractivity (Wildman–Crippen MR) is 64.5 cm³/mol. The molecule has 0 N–H and O–H groups in total. The quantitative estimate of drug-likeness (QED) is 0.754. The molecule has 1 aromatic carbocycles. The molecule has 1 saturated heterocycles. The summed E-state index contributed by atoms with van der Waals surface area (Å²) in [5, 5.41) is 0. The molecule has 3 nitrogen and oxygen atoms in total. The van der Waals surface area contributed by atoms with Crippen molar-refractivity contribution < 1.29 is 14.3 Å². The number of ether oxygens (including phenoxy) is 2. The molecule has 17 heavy (non-hydrogen) atoms. The zero-order valence-electron chi connectivity index (χ0n) is 10.5. The van der Waals surface area contributed by atoms with E-state index in [-0.39, 0.29) is 18.0 Å². The summed E-state index contributed by atoms with van der Waals surface area (Å²) in [6.45, 7) is 6.04. The van der Waals surface area contributed by atoms with Gasteiger partial charge in [0.25, 0.3) is 0 Å². The van der Waals surface area contributed by atoms with Gasteiger partial charge in [0.1, 0.15) is 6.10 Å². The second kappa shape index (κ2) is 4.49. The maximum atomic E-state index is 11.3. The van der Waals surface area contributed by atoms with Crippen molar-refractivity contribution in [2.45, 2.75) is 32.5 Å². The summed E-state index contributed by atoms with van der Waals surface area (Å²) in [7, 11) is 0. The highest BCUT2D eigenvalue weighted by Gasteiger charge is 2.54. The lowest BCUT2D eigenvalue weighted by molar-refractivity contribution is -0.272. The van der Waals surface area contributed by atoms with Crippen molar-refractivity contribution in [1.29, 1.82) is 0 Å². The molecule has 0 aromatic heterocycles. The van der Waals surface area contributed by atoms with Gasteiger partial charge in [-0.15, -0.1) is 0 Å². The lowest BCUT2D eigenvalue weighted by Crippen LogP contribution is -2.58. The van der Waals surface area contributed by atoms with Crippen LogP contribution in [-0.4, -0.2) is 18.2 Å². The Morgan fingerprint density at radius 2 is 2.06 bits per heavy atom. The van der Waals surface area contributed by atoms with Crippen LogP contribution in [0.15, 0.2) is 30.3 Å². The van der Waals surface area contributed by atoms with Crippen molar-refractivity contribution in [1.82, 2.24) is 0 Å². The Morgan fingerprint density at radius 3 is 2.47 bits per heavy atom. The highest BCUT2D eigenvalue weighted by Crippen LogP contribution is 2.46. The van der Waals surface area contributed by atoms with Crippen LogP contribution in [0.3, 0.4) is 0 Å². The molecular weight excluding hydrogens is 216 g/mol. The summed E-state index contributed by atoms with van der Waals surface area (Å²) in [5.41, 5.74) is 0.557. The predicted octanol–water partition coefficient (Wildman–Crippen LogP) is 2.72. The smallest absolute Gasteiger partial charge is 0.303 e. The molecule has 1 heterocycles. The fourth-order valence-corrected chi connectivity index (χ4v) is 2.27. The van der Waals surface area contributed by atoms with E-state index in [1.54, 1.807) is 0 Å². The SMILES string of the molecule is CC(=O)O[C@]1(C(C)C)CO[C@@H]1c1ccccc1. The molecule has 0 unspecified atom stereocenters. The first kappa shape index (κ1) is 12.1. The maximum Gasteiger partial charge on any atom is 0.303 e. The minimum atomic E-state index is -0.507. The van der Waals surface area contributed by atoms with E-state index in [9.17, 15) is 4.79 Å². The van der Waals surface area contributed by atoms with Gasteiger partial charge in [-0.05, 0) is 11.5 Å². The maximum absolute atomic E-state index is 11.3. The Hall–Kier alpha value is -1.35. The van der Waals surface area contributed by atoms with Gasteiger partial charge >= 0.3 is 5.97 Å². The number of hydrogen-bond donors (Lipinski definition) is 0. The Balaban J connectivity index is 2.27. The van der Waals surface area contributed by atoms with Gasteiger partial charge in [0.2, 0.25) is 0 Å². The Kier molecular flexibility index (Phi) is 3.20. The van der Waals surface area contributed by atoms with Crippen LogP contribution >= 0.6 is 0 Å². The molecule has 92 valence electrons. The van der Waals surface area contributed by atoms with E-state index in [1.165, 1.54) is 6.92 Å². The molecule has 1 aliphatic heterocycles. The fraction of sp³-hybridized carbons (Fsp3) is 0.500. The van der Waals surface area contributed by atoms with Crippen LogP contribution in [0, 0.1) is 5.92 Å². The van der Waals surface area contributed by atoms with Crippen LogP contribution in [0.25, 0.3) is 0 Å². The Labute approximate surface area is 102 Å². The summed E-state index contributed by atoms with van der Waals surface area (Å²) in [6.07, 6.45) is -0.146. The zero-order chi connectivity index (χ0) is 12.5. The molecular formula is C14H18O3. The van der Waals surface area contributed by atoms with E-state index in [4.69, 9.17) is 9.47 Å². The molecule has 0 bridgehead atoms. The molecule has 1 fully saturated rings. The van der Waals surface area contributed by atoms with E-state index < -0.39 is 5.60 Å². The van der Waals surface area contributed by atoms with E-state index in [2.05, 4.69) is 13.8 Å². The molecule has 0 spiro atoms. The topological polar surface area (TPSA) is 35.5 Å². The highest BCUT2D eigenvalue weighted by atomic mass is 16.6. The second-order valence-electron chi connectivity index (χ2n) is 4.81. The number of benzene rings is 1. The second-order valence-corrected chi connectivity index (χ2v) is 4.81. The minimum absolute atomic E-state index is 0.146. The van der Waals surface area contributed by atoms with Crippen molar-refractivity contribution in [3.05, 3.63) is 35.9 Å². The summed E-state index contributed by atoms with van der Waals surface area (Å²) in [5.74, 6) is -0.0201. The standard InChI is InChI=1S/C14H18O3/c1-10(2)14(17-11(3)15)9-16-13(14)12-7-5-4-6-8-12/h4-8,10,13H,9H2,1-3H3/t13-,14+/m1/s1. The molecule has 0 saturated carbocycles. The van der Waals surface area contributed by atoms with Crippen LogP contribution in [0.4, 0.5) is 0 Å². The van der Waals surface area contributed by atoms with Gasteiger partial charge in [-0.3, -0.25) is 4.79 Å². The normalized spacial score (nSPS) is 27.6. The van der Waals surface area contributed by atoms with Crippen LogP contribution < -0.4 is 0 Å². The number of rotatable bonds is 3. The van der Waals surface area contributed by atoms with Crippen LogP contribution in [0.5, 0.6) is 0 Å². The van der Waals surface area contributed by atoms with Crippen molar-refractivity contribution in [2.24, 2.45) is 5.92 Å². The number of carbonyl (C=O) groups is 1. The third-order valence-corrected chi connectivity index (χ3v) is 3.33. The van der Waals surface area contributed by atoms with Gasteiger partial charge < -0.3 is 9.47 Å². The molecule has 0 amide bonds. The molecule has 2 rings (SSSR count). The van der Waals surface area contributed by atoms with Crippen LogP contribution in [0.1, 0.15) is 32.4 Å². The van der Waals surface area contributed by atoms with Crippen molar-refractivity contribution >= 4 is 5.97 Å². The minimum Gasteiger partial charge on any atom is -0.453 e. The number of carbonyl (C=O) groups excluding carboxylic acids is 1. The number of esters is 1. The highest BCUT2D eigenvalue weighted by molar-refractivity contribution is 5.67. The van der Waals surface area contributed by atoms with E-state index in [1.807, 2.05) is 30.3 Å². The number of hydrogen-bond acceptors (Lipinski definition) is 3. The van der Waals surface area contributed by atoms with E-state index in [0.29, 0.717) is 6.61 Å². The van der Waals surface area contributed by atoms with Gasteiger partial charge in [0, 0.05) is 6.92 Å². The zero-order valence-corrected chi connectivity index (χ0v) is 10.5. The molecule has 0 aliphatic carbocycles. The summed E-state index contributed by atoms with van der Waals surface area (Å²) in [6, 6.07) is 9.91. The van der Waals surface area contributed by atoms with Gasteiger partial charge in [0.15, 0.2) is 5.60 Å². The third kappa shape index (κ3) is 2.07. The first-order valence-electron chi connectivity index (χ1n) is 5.92. The van der Waals surface area contributed by atoms with Crippen molar-refractivity contribution in [3.63, 3.8) is 0 Å². The van der Waals surface area contributed by atoms with Gasteiger partial charge in [0.05, 0.1) is 6.61 Å². The average molecular weight is 234 g/mol. The molecule has 1 aromatic rings. The van der Waals surface area contributed by atoms with Gasteiger partial charge in [-0.1, -0.05) is 44.2 Å². The summed E-state index contributed by atoms with van der Waals surface area (Å²) >= 11 is 0. The fourth-order valence-electron chi connectivity index (χ4n) is 2.27. The molecule has 3 heteroatoms. The van der Waals surface area contributed by atoms with Crippen LogP contribution in [-0.2, 0) is 14.3 Å². The average Bonchev–Trinajstić information content (AvgIpc) is 2.25. The lowest BCUT2D eigenvalue weighted by atomic mass is 9.78. The van der Waals surface area contributed by atoms with E-state index >= 15 is 0 Å². The summed E-state index contributed by atoms with van der Waals surface area (Å²) < 4.78 is 11.2. The van der Waals surface area contributed by atoms with Gasteiger partial charge in [-0.2, -0.15) is 0 Å². The first-order valence-corrected chi connectivity index (χ1v) is 5.92. The molecule has 1 aliphatic rings. The largest absolute Gasteiger partial charge is 0.453 e. The molecule has 0 radical (unpaired) electrons.